The molecule has 0 saturated carbocycles. The van der Waals surface area contributed by atoms with Crippen LogP contribution in [0.3, 0.4) is 0 Å². The van der Waals surface area contributed by atoms with Gasteiger partial charge in [0.05, 0.1) is 6.10 Å². The molecule has 1 rings (SSSR count). The van der Waals surface area contributed by atoms with Gasteiger partial charge in [0.25, 0.3) is 0 Å². The van der Waals surface area contributed by atoms with Crippen LogP contribution in [-0.4, -0.2) is 22.1 Å². The zero-order valence-corrected chi connectivity index (χ0v) is 9.55. The SMILES string of the molecule is CCCC(C)Oc1cc(/C(N)=N/O)ccn1. The lowest BCUT2D eigenvalue weighted by Gasteiger charge is -2.12. The first-order valence-corrected chi connectivity index (χ1v) is 5.28. The highest BCUT2D eigenvalue weighted by Gasteiger charge is 2.06. The number of oxime groups is 1. The molecule has 0 saturated heterocycles. The van der Waals surface area contributed by atoms with Gasteiger partial charge in [0, 0.05) is 17.8 Å². The topological polar surface area (TPSA) is 80.7 Å². The van der Waals surface area contributed by atoms with Crippen LogP contribution in [0.4, 0.5) is 0 Å². The number of hydrogen-bond donors (Lipinski definition) is 2. The molecular weight excluding hydrogens is 206 g/mol. The van der Waals surface area contributed by atoms with Crippen LogP contribution in [0.25, 0.3) is 0 Å². The van der Waals surface area contributed by atoms with Gasteiger partial charge >= 0.3 is 0 Å². The maximum absolute atomic E-state index is 8.55. The lowest BCUT2D eigenvalue weighted by Crippen LogP contribution is -2.15. The molecule has 0 fully saturated rings. The van der Waals surface area contributed by atoms with E-state index < -0.39 is 0 Å². The molecule has 1 unspecified atom stereocenters. The van der Waals surface area contributed by atoms with Crippen molar-refractivity contribution in [3.8, 4) is 5.88 Å². The van der Waals surface area contributed by atoms with Crippen LogP contribution in [0.5, 0.6) is 5.88 Å². The van der Waals surface area contributed by atoms with Crippen LogP contribution < -0.4 is 10.5 Å². The van der Waals surface area contributed by atoms with E-state index in [4.69, 9.17) is 15.7 Å². The van der Waals surface area contributed by atoms with Gasteiger partial charge in [-0.1, -0.05) is 18.5 Å². The highest BCUT2D eigenvalue weighted by atomic mass is 16.5. The number of amidine groups is 1. The lowest BCUT2D eigenvalue weighted by molar-refractivity contribution is 0.201. The second kappa shape index (κ2) is 5.95. The number of hydrogen-bond acceptors (Lipinski definition) is 4. The van der Waals surface area contributed by atoms with E-state index in [1.165, 1.54) is 0 Å². The summed E-state index contributed by atoms with van der Waals surface area (Å²) in [6.45, 7) is 4.08. The molecule has 0 aliphatic rings. The van der Waals surface area contributed by atoms with Crippen molar-refractivity contribution < 1.29 is 9.94 Å². The van der Waals surface area contributed by atoms with E-state index in [2.05, 4.69) is 17.1 Å². The van der Waals surface area contributed by atoms with Gasteiger partial charge in [-0.15, -0.1) is 0 Å². The third-order valence-corrected chi connectivity index (χ3v) is 2.16. The Bertz CT molecular complexity index is 366. The quantitative estimate of drug-likeness (QED) is 0.345. The second-order valence-electron chi connectivity index (χ2n) is 3.59. The number of aromatic nitrogens is 1. The summed E-state index contributed by atoms with van der Waals surface area (Å²) in [6, 6.07) is 3.31. The predicted octanol–water partition coefficient (Wildman–Crippen LogP) is 1.74. The normalized spacial score (nSPS) is 13.5. The van der Waals surface area contributed by atoms with Crippen LogP contribution in [0.15, 0.2) is 23.5 Å². The van der Waals surface area contributed by atoms with E-state index >= 15 is 0 Å². The van der Waals surface area contributed by atoms with E-state index in [0.717, 1.165) is 12.8 Å². The Hall–Kier alpha value is -1.78. The summed E-state index contributed by atoms with van der Waals surface area (Å²) >= 11 is 0. The van der Waals surface area contributed by atoms with Gasteiger partial charge in [0.15, 0.2) is 5.84 Å². The Morgan fingerprint density at radius 2 is 2.44 bits per heavy atom. The molecule has 0 amide bonds. The highest BCUT2D eigenvalue weighted by Crippen LogP contribution is 2.12. The summed E-state index contributed by atoms with van der Waals surface area (Å²) in [5, 5.41) is 11.5. The van der Waals surface area contributed by atoms with Crippen molar-refractivity contribution in [3.63, 3.8) is 0 Å². The minimum Gasteiger partial charge on any atom is -0.475 e. The number of nitrogens with zero attached hydrogens (tertiary/aromatic N) is 2. The predicted molar refractivity (Wildman–Crippen MR) is 61.7 cm³/mol. The molecule has 1 heterocycles. The summed E-state index contributed by atoms with van der Waals surface area (Å²) in [5.74, 6) is 0.542. The molecule has 1 aromatic rings. The first-order valence-electron chi connectivity index (χ1n) is 5.28. The van der Waals surface area contributed by atoms with E-state index in [1.807, 2.05) is 6.92 Å². The van der Waals surface area contributed by atoms with Gasteiger partial charge in [-0.2, -0.15) is 0 Å². The lowest BCUT2D eigenvalue weighted by atomic mass is 10.2. The minimum atomic E-state index is 0.0513. The molecule has 5 nitrogen and oxygen atoms in total. The van der Waals surface area contributed by atoms with Crippen LogP contribution in [0.2, 0.25) is 0 Å². The molecule has 0 spiro atoms. The van der Waals surface area contributed by atoms with Gasteiger partial charge in [-0.25, -0.2) is 4.98 Å². The van der Waals surface area contributed by atoms with E-state index in [-0.39, 0.29) is 11.9 Å². The third kappa shape index (κ3) is 3.42. The Labute approximate surface area is 94.9 Å². The summed E-state index contributed by atoms with van der Waals surface area (Å²) in [7, 11) is 0. The molecule has 0 aliphatic heterocycles. The number of nitrogens with two attached hydrogens (primary N) is 1. The molecule has 16 heavy (non-hydrogen) atoms. The summed E-state index contributed by atoms with van der Waals surface area (Å²) in [6.07, 6.45) is 3.71. The first kappa shape index (κ1) is 12.3. The average Bonchev–Trinajstić information content (AvgIpc) is 2.28. The molecular formula is C11H17N3O2. The Morgan fingerprint density at radius 1 is 1.69 bits per heavy atom. The summed E-state index contributed by atoms with van der Waals surface area (Å²) < 4.78 is 5.59. The van der Waals surface area contributed by atoms with Crippen molar-refractivity contribution in [2.24, 2.45) is 10.9 Å². The van der Waals surface area contributed by atoms with Gasteiger partial charge in [0.2, 0.25) is 5.88 Å². The van der Waals surface area contributed by atoms with Crippen LogP contribution >= 0.6 is 0 Å². The van der Waals surface area contributed by atoms with Gasteiger partial charge in [-0.3, -0.25) is 0 Å². The maximum atomic E-state index is 8.55. The zero-order chi connectivity index (χ0) is 12.0. The smallest absolute Gasteiger partial charge is 0.214 e. The van der Waals surface area contributed by atoms with Crippen molar-refractivity contribution in [3.05, 3.63) is 23.9 Å². The van der Waals surface area contributed by atoms with Crippen molar-refractivity contribution in [1.82, 2.24) is 4.98 Å². The number of rotatable bonds is 5. The molecule has 1 atom stereocenters. The van der Waals surface area contributed by atoms with Crippen molar-refractivity contribution >= 4 is 5.84 Å². The highest BCUT2D eigenvalue weighted by molar-refractivity contribution is 5.97. The Morgan fingerprint density at radius 3 is 3.06 bits per heavy atom. The van der Waals surface area contributed by atoms with Crippen molar-refractivity contribution in [1.29, 1.82) is 0 Å². The molecule has 0 aliphatic carbocycles. The minimum absolute atomic E-state index is 0.0513. The number of ether oxygens (including phenoxy) is 1. The summed E-state index contributed by atoms with van der Waals surface area (Å²) in [4.78, 5) is 4.06. The second-order valence-corrected chi connectivity index (χ2v) is 3.59. The monoisotopic (exact) mass is 223 g/mol. The zero-order valence-electron chi connectivity index (χ0n) is 9.55. The Balaban J connectivity index is 2.75. The fourth-order valence-electron chi connectivity index (χ4n) is 1.36. The molecule has 0 aromatic carbocycles. The summed E-state index contributed by atoms with van der Waals surface area (Å²) in [5.41, 5.74) is 6.06. The van der Waals surface area contributed by atoms with Crippen molar-refractivity contribution in [2.75, 3.05) is 0 Å². The average molecular weight is 223 g/mol. The van der Waals surface area contributed by atoms with E-state index in [1.54, 1.807) is 18.3 Å². The third-order valence-electron chi connectivity index (χ3n) is 2.16. The molecule has 1 aromatic heterocycles. The van der Waals surface area contributed by atoms with Crippen LogP contribution in [0, 0.1) is 0 Å². The largest absolute Gasteiger partial charge is 0.475 e. The van der Waals surface area contributed by atoms with Crippen molar-refractivity contribution in [2.45, 2.75) is 32.8 Å². The molecule has 5 heteroatoms. The standard InChI is InChI=1S/C11H17N3O2/c1-3-4-8(2)16-10-7-9(5-6-13-10)11(12)14-15/h5-8,15H,3-4H2,1-2H3,(H2,12,14). The fourth-order valence-corrected chi connectivity index (χ4v) is 1.36. The van der Waals surface area contributed by atoms with Gasteiger partial charge < -0.3 is 15.7 Å². The fraction of sp³-hybridized carbons (Fsp3) is 0.455. The van der Waals surface area contributed by atoms with E-state index in [0.29, 0.717) is 11.4 Å². The van der Waals surface area contributed by atoms with Crippen LogP contribution in [-0.2, 0) is 0 Å². The number of pyridine rings is 1. The van der Waals surface area contributed by atoms with E-state index in [9.17, 15) is 0 Å². The first-order chi connectivity index (χ1) is 7.67. The maximum Gasteiger partial charge on any atom is 0.214 e. The van der Waals surface area contributed by atoms with Crippen LogP contribution in [0.1, 0.15) is 32.3 Å². The molecule has 0 radical (unpaired) electrons. The molecule has 0 bridgehead atoms. The molecule has 3 N–H and O–H groups in total. The van der Waals surface area contributed by atoms with Gasteiger partial charge in [0.1, 0.15) is 0 Å². The van der Waals surface area contributed by atoms with Gasteiger partial charge in [-0.05, 0) is 19.4 Å². The molecule has 88 valence electrons. The Kier molecular flexibility index (Phi) is 4.57.